The summed E-state index contributed by atoms with van der Waals surface area (Å²) in [5.41, 5.74) is 6.99. The van der Waals surface area contributed by atoms with Gasteiger partial charge in [0, 0.05) is 19.1 Å². The van der Waals surface area contributed by atoms with E-state index in [4.69, 9.17) is 10.5 Å². The Labute approximate surface area is 78.7 Å². The van der Waals surface area contributed by atoms with E-state index < -0.39 is 0 Å². The molecule has 70 valence electrons. The van der Waals surface area contributed by atoms with Crippen molar-refractivity contribution in [2.24, 2.45) is 5.73 Å². The van der Waals surface area contributed by atoms with Crippen LogP contribution >= 0.6 is 0 Å². The number of hydrogen-bond donors (Lipinski definition) is 1. The second-order valence-electron chi connectivity index (χ2n) is 3.45. The summed E-state index contributed by atoms with van der Waals surface area (Å²) >= 11 is 0. The number of ether oxygens (including phenoxy) is 1. The molecule has 1 aliphatic rings. The molecule has 0 bridgehead atoms. The van der Waals surface area contributed by atoms with Gasteiger partial charge in [-0.1, -0.05) is 30.3 Å². The molecule has 13 heavy (non-hydrogen) atoms. The first-order valence-electron chi connectivity index (χ1n) is 4.78. The van der Waals surface area contributed by atoms with E-state index in [0.29, 0.717) is 12.5 Å². The fourth-order valence-electron chi connectivity index (χ4n) is 1.96. The molecular formula is C11H15NO. The van der Waals surface area contributed by atoms with Crippen LogP contribution in [0, 0.1) is 0 Å². The summed E-state index contributed by atoms with van der Waals surface area (Å²) in [4.78, 5) is 0. The molecule has 1 fully saturated rings. The number of rotatable bonds is 2. The van der Waals surface area contributed by atoms with Crippen LogP contribution in [-0.4, -0.2) is 19.3 Å². The van der Waals surface area contributed by atoms with Gasteiger partial charge < -0.3 is 10.5 Å². The second-order valence-corrected chi connectivity index (χ2v) is 3.45. The maximum absolute atomic E-state index is 5.64. The third-order valence-electron chi connectivity index (χ3n) is 2.67. The van der Waals surface area contributed by atoms with E-state index in [1.165, 1.54) is 5.56 Å². The quantitative estimate of drug-likeness (QED) is 0.743. The lowest BCUT2D eigenvalue weighted by Crippen LogP contribution is -2.24. The minimum atomic E-state index is 0.224. The Kier molecular flexibility index (Phi) is 2.62. The molecule has 0 saturated carbocycles. The number of hydrogen-bond acceptors (Lipinski definition) is 2. The molecule has 1 saturated heterocycles. The third-order valence-corrected chi connectivity index (χ3v) is 2.67. The van der Waals surface area contributed by atoms with E-state index in [1.54, 1.807) is 0 Å². The zero-order chi connectivity index (χ0) is 9.10. The largest absolute Gasteiger partial charge is 0.376 e. The Hall–Kier alpha value is -0.860. The molecule has 2 nitrogen and oxygen atoms in total. The van der Waals surface area contributed by atoms with Gasteiger partial charge in [-0.3, -0.25) is 0 Å². The SMILES string of the molecule is NC[C@H]1OCC[C@H]1c1ccccc1. The van der Waals surface area contributed by atoms with Crippen molar-refractivity contribution in [2.45, 2.75) is 18.4 Å². The monoisotopic (exact) mass is 177 g/mol. The molecule has 0 amide bonds. The van der Waals surface area contributed by atoms with E-state index in [-0.39, 0.29) is 6.10 Å². The molecule has 0 radical (unpaired) electrons. The van der Waals surface area contributed by atoms with Crippen LogP contribution in [0.4, 0.5) is 0 Å². The molecule has 0 unspecified atom stereocenters. The van der Waals surface area contributed by atoms with Gasteiger partial charge in [0.2, 0.25) is 0 Å². The normalized spacial score (nSPS) is 27.8. The highest BCUT2D eigenvalue weighted by atomic mass is 16.5. The van der Waals surface area contributed by atoms with Gasteiger partial charge in [0.1, 0.15) is 0 Å². The summed E-state index contributed by atoms with van der Waals surface area (Å²) < 4.78 is 5.54. The fourth-order valence-corrected chi connectivity index (χ4v) is 1.96. The van der Waals surface area contributed by atoms with Crippen LogP contribution in [0.2, 0.25) is 0 Å². The molecule has 0 spiro atoms. The summed E-state index contributed by atoms with van der Waals surface area (Å²) in [6.07, 6.45) is 1.33. The maximum atomic E-state index is 5.64. The van der Waals surface area contributed by atoms with E-state index >= 15 is 0 Å². The standard InChI is InChI=1S/C11H15NO/c12-8-11-10(6-7-13-11)9-4-2-1-3-5-9/h1-5,10-11H,6-8,12H2/t10-,11+/m0/s1. The minimum Gasteiger partial charge on any atom is -0.376 e. The Bertz CT molecular complexity index is 260. The first kappa shape index (κ1) is 8.73. The molecule has 1 aromatic carbocycles. The average molecular weight is 177 g/mol. The highest BCUT2D eigenvalue weighted by Crippen LogP contribution is 2.30. The maximum Gasteiger partial charge on any atom is 0.0766 e. The molecule has 0 aromatic heterocycles. The van der Waals surface area contributed by atoms with Crippen molar-refractivity contribution >= 4 is 0 Å². The summed E-state index contributed by atoms with van der Waals surface area (Å²) in [5.74, 6) is 0.506. The topological polar surface area (TPSA) is 35.2 Å². The lowest BCUT2D eigenvalue weighted by molar-refractivity contribution is 0.110. The van der Waals surface area contributed by atoms with Gasteiger partial charge in [0.05, 0.1) is 6.10 Å². The van der Waals surface area contributed by atoms with Crippen LogP contribution in [0.3, 0.4) is 0 Å². The van der Waals surface area contributed by atoms with Crippen LogP contribution in [0.25, 0.3) is 0 Å². The van der Waals surface area contributed by atoms with Crippen LogP contribution in [0.1, 0.15) is 17.9 Å². The Morgan fingerprint density at radius 2 is 2.08 bits per heavy atom. The van der Waals surface area contributed by atoms with E-state index in [2.05, 4.69) is 24.3 Å². The lowest BCUT2D eigenvalue weighted by Gasteiger charge is -2.16. The number of nitrogens with two attached hydrogens (primary N) is 1. The van der Waals surface area contributed by atoms with Crippen LogP contribution in [-0.2, 0) is 4.74 Å². The molecule has 1 aromatic rings. The Morgan fingerprint density at radius 1 is 1.31 bits per heavy atom. The minimum absolute atomic E-state index is 0.224. The number of benzene rings is 1. The summed E-state index contributed by atoms with van der Waals surface area (Å²) in [6.45, 7) is 1.47. The van der Waals surface area contributed by atoms with Crippen molar-refractivity contribution < 1.29 is 4.74 Å². The molecule has 0 aliphatic carbocycles. The van der Waals surface area contributed by atoms with Crippen molar-refractivity contribution in [1.29, 1.82) is 0 Å². The van der Waals surface area contributed by atoms with Gasteiger partial charge >= 0.3 is 0 Å². The zero-order valence-corrected chi connectivity index (χ0v) is 7.65. The van der Waals surface area contributed by atoms with Crippen molar-refractivity contribution in [3.63, 3.8) is 0 Å². The van der Waals surface area contributed by atoms with Gasteiger partial charge in [-0.15, -0.1) is 0 Å². The average Bonchev–Trinajstić information content (AvgIpc) is 2.67. The van der Waals surface area contributed by atoms with Crippen molar-refractivity contribution in [3.05, 3.63) is 35.9 Å². The molecular weight excluding hydrogens is 162 g/mol. The van der Waals surface area contributed by atoms with Gasteiger partial charge in [-0.05, 0) is 12.0 Å². The zero-order valence-electron chi connectivity index (χ0n) is 7.65. The second kappa shape index (κ2) is 3.90. The van der Waals surface area contributed by atoms with Crippen molar-refractivity contribution in [2.75, 3.05) is 13.2 Å². The van der Waals surface area contributed by atoms with Crippen LogP contribution in [0.15, 0.2) is 30.3 Å². The van der Waals surface area contributed by atoms with Gasteiger partial charge in [0.25, 0.3) is 0 Å². The summed E-state index contributed by atoms with van der Waals surface area (Å²) in [5, 5.41) is 0. The Morgan fingerprint density at radius 3 is 2.77 bits per heavy atom. The van der Waals surface area contributed by atoms with Crippen LogP contribution < -0.4 is 5.73 Å². The van der Waals surface area contributed by atoms with E-state index in [1.807, 2.05) is 6.07 Å². The third kappa shape index (κ3) is 1.74. The molecule has 2 N–H and O–H groups in total. The molecule has 2 atom stereocenters. The molecule has 1 aliphatic heterocycles. The predicted molar refractivity (Wildman–Crippen MR) is 52.6 cm³/mol. The van der Waals surface area contributed by atoms with Crippen molar-refractivity contribution in [1.82, 2.24) is 0 Å². The van der Waals surface area contributed by atoms with Gasteiger partial charge in [0.15, 0.2) is 0 Å². The summed E-state index contributed by atoms with van der Waals surface area (Å²) in [6, 6.07) is 10.5. The smallest absolute Gasteiger partial charge is 0.0766 e. The highest BCUT2D eigenvalue weighted by Gasteiger charge is 2.27. The highest BCUT2D eigenvalue weighted by molar-refractivity contribution is 5.21. The lowest BCUT2D eigenvalue weighted by atomic mass is 9.93. The fraction of sp³-hybridized carbons (Fsp3) is 0.455. The molecule has 2 heteroatoms. The van der Waals surface area contributed by atoms with E-state index in [0.717, 1.165) is 13.0 Å². The van der Waals surface area contributed by atoms with Crippen molar-refractivity contribution in [3.8, 4) is 0 Å². The van der Waals surface area contributed by atoms with Gasteiger partial charge in [-0.25, -0.2) is 0 Å². The van der Waals surface area contributed by atoms with E-state index in [9.17, 15) is 0 Å². The first-order chi connectivity index (χ1) is 6.42. The Balaban J connectivity index is 2.16. The summed E-state index contributed by atoms with van der Waals surface area (Å²) in [7, 11) is 0. The first-order valence-corrected chi connectivity index (χ1v) is 4.78. The van der Waals surface area contributed by atoms with Crippen LogP contribution in [0.5, 0.6) is 0 Å². The predicted octanol–water partition coefficient (Wildman–Crippen LogP) is 1.52. The van der Waals surface area contributed by atoms with Gasteiger partial charge in [-0.2, -0.15) is 0 Å². The molecule has 2 rings (SSSR count). The molecule has 1 heterocycles.